The van der Waals surface area contributed by atoms with E-state index in [-0.39, 0.29) is 17.7 Å². The smallest absolute Gasteiger partial charge is 0.246 e. The van der Waals surface area contributed by atoms with Crippen molar-refractivity contribution >= 4 is 21.8 Å². The molecule has 1 aromatic rings. The number of benzene rings is 1. The van der Waals surface area contributed by atoms with Gasteiger partial charge in [0.2, 0.25) is 21.8 Å². The number of piperazine rings is 1. The van der Waals surface area contributed by atoms with Gasteiger partial charge in [-0.05, 0) is 50.8 Å². The topological polar surface area (TPSA) is 102 Å². The van der Waals surface area contributed by atoms with Gasteiger partial charge in [0.05, 0.1) is 6.26 Å². The Morgan fingerprint density at radius 3 is 2.23 bits per heavy atom. The number of hydrogen-bond acceptors (Lipinski definition) is 6. The zero-order valence-electron chi connectivity index (χ0n) is 23.3. The minimum atomic E-state index is -3.27. The van der Waals surface area contributed by atoms with Crippen LogP contribution >= 0.6 is 0 Å². The van der Waals surface area contributed by atoms with Gasteiger partial charge in [-0.15, -0.1) is 0 Å². The van der Waals surface area contributed by atoms with Gasteiger partial charge in [-0.1, -0.05) is 49.6 Å². The third kappa shape index (κ3) is 7.60. The normalized spacial score (nSPS) is 26.7. The average Bonchev–Trinajstić information content (AvgIpc) is 3.73. The van der Waals surface area contributed by atoms with Crippen molar-refractivity contribution in [2.45, 2.75) is 75.4 Å². The zero-order chi connectivity index (χ0) is 27.4. The van der Waals surface area contributed by atoms with Crippen LogP contribution < -0.4 is 10.6 Å². The average molecular weight is 560 g/mol. The van der Waals surface area contributed by atoms with Crippen LogP contribution in [0.5, 0.6) is 0 Å². The van der Waals surface area contributed by atoms with Crippen LogP contribution in [0, 0.1) is 5.92 Å². The maximum Gasteiger partial charge on any atom is 0.246 e. The molecule has 0 bridgehead atoms. The molecule has 2 N–H and O–H groups in total. The number of sulfonamides is 1. The molecule has 2 heterocycles. The predicted molar refractivity (Wildman–Crippen MR) is 152 cm³/mol. The van der Waals surface area contributed by atoms with E-state index >= 15 is 0 Å². The molecule has 9 nitrogen and oxygen atoms in total. The van der Waals surface area contributed by atoms with Crippen molar-refractivity contribution in [3.05, 3.63) is 35.9 Å². The van der Waals surface area contributed by atoms with E-state index in [2.05, 4.69) is 45.9 Å². The number of rotatable bonds is 9. The Balaban J connectivity index is 1.14. The van der Waals surface area contributed by atoms with Gasteiger partial charge in [0.15, 0.2) is 0 Å². The first-order valence-electron chi connectivity index (χ1n) is 14.9. The highest BCUT2D eigenvalue weighted by Gasteiger charge is 2.40. The minimum absolute atomic E-state index is 0.0000572. The van der Waals surface area contributed by atoms with Crippen molar-refractivity contribution in [3.63, 3.8) is 0 Å². The summed E-state index contributed by atoms with van der Waals surface area (Å²) in [6.07, 6.45) is 9.55. The second kappa shape index (κ2) is 12.7. The van der Waals surface area contributed by atoms with E-state index < -0.39 is 16.1 Å². The van der Waals surface area contributed by atoms with Crippen LogP contribution in [0.15, 0.2) is 30.3 Å². The molecule has 2 aliphatic heterocycles. The summed E-state index contributed by atoms with van der Waals surface area (Å²) in [7, 11) is -3.27. The Morgan fingerprint density at radius 1 is 0.923 bits per heavy atom. The number of hydrogen-bond donors (Lipinski definition) is 2. The molecule has 0 aromatic heterocycles. The molecule has 1 aromatic carbocycles. The molecule has 10 heteroatoms. The van der Waals surface area contributed by atoms with Crippen molar-refractivity contribution in [1.82, 2.24) is 24.7 Å². The molecule has 2 amide bonds. The lowest BCUT2D eigenvalue weighted by Gasteiger charge is -2.38. The van der Waals surface area contributed by atoms with Crippen LogP contribution in [0.25, 0.3) is 0 Å². The third-order valence-electron chi connectivity index (χ3n) is 9.11. The SMILES string of the molecule is CS(=O)(=O)N1CCN(C(=O)[C@H](CN2CCC(N[C@@H]3C[C@H]3c3ccccc3)CC2)NC(=O)C2CCCCC2)CC1. The molecule has 2 saturated carbocycles. The van der Waals surface area contributed by atoms with Crippen molar-refractivity contribution in [2.75, 3.05) is 52.1 Å². The molecule has 2 aliphatic carbocycles. The summed E-state index contributed by atoms with van der Waals surface area (Å²) in [6.45, 7) is 3.62. The molecule has 4 aliphatic rings. The quantitative estimate of drug-likeness (QED) is 0.478. The third-order valence-corrected chi connectivity index (χ3v) is 10.4. The monoisotopic (exact) mass is 559 g/mol. The van der Waals surface area contributed by atoms with Crippen molar-refractivity contribution < 1.29 is 18.0 Å². The maximum atomic E-state index is 13.6. The summed E-state index contributed by atoms with van der Waals surface area (Å²) >= 11 is 0. The Hall–Kier alpha value is -2.01. The standard InChI is InChI=1S/C29H45N5O4S/c1-39(37,38)34-18-16-33(17-19-34)29(36)27(31-28(35)23-10-6-3-7-11-23)21-32-14-12-24(13-15-32)30-26-20-25(26)22-8-4-2-5-9-22/h2,4-5,8-9,23-27,30H,3,6-7,10-21H2,1H3,(H,31,35)/t25-,26+,27-/m0/s1. The first kappa shape index (κ1) is 28.5. The van der Waals surface area contributed by atoms with Crippen LogP contribution in [0.1, 0.15) is 62.8 Å². The number of carbonyl (C=O) groups excluding carboxylic acids is 2. The molecule has 39 heavy (non-hydrogen) atoms. The fraction of sp³-hybridized carbons (Fsp3) is 0.724. The lowest BCUT2D eigenvalue weighted by Crippen LogP contribution is -2.59. The molecular weight excluding hydrogens is 514 g/mol. The number of amides is 2. The van der Waals surface area contributed by atoms with Gasteiger partial charge >= 0.3 is 0 Å². The zero-order valence-corrected chi connectivity index (χ0v) is 24.1. The fourth-order valence-corrected chi connectivity index (χ4v) is 7.42. The lowest BCUT2D eigenvalue weighted by molar-refractivity contribution is -0.139. The highest BCUT2D eigenvalue weighted by atomic mass is 32.2. The van der Waals surface area contributed by atoms with Crippen LogP contribution in [0.3, 0.4) is 0 Å². The van der Waals surface area contributed by atoms with Gasteiger partial charge in [-0.25, -0.2) is 8.42 Å². The highest BCUT2D eigenvalue weighted by Crippen LogP contribution is 2.41. The summed E-state index contributed by atoms with van der Waals surface area (Å²) in [5.41, 5.74) is 1.42. The van der Waals surface area contributed by atoms with Gasteiger partial charge < -0.3 is 20.4 Å². The molecule has 3 atom stereocenters. The number of piperidine rings is 1. The Morgan fingerprint density at radius 2 is 1.59 bits per heavy atom. The molecule has 0 radical (unpaired) electrons. The molecule has 0 spiro atoms. The van der Waals surface area contributed by atoms with E-state index in [0.717, 1.165) is 51.6 Å². The maximum absolute atomic E-state index is 13.6. The van der Waals surface area contributed by atoms with E-state index in [1.807, 2.05) is 0 Å². The highest BCUT2D eigenvalue weighted by molar-refractivity contribution is 7.88. The van der Waals surface area contributed by atoms with Crippen molar-refractivity contribution in [1.29, 1.82) is 0 Å². The molecule has 4 fully saturated rings. The Bertz CT molecular complexity index is 1080. The first-order chi connectivity index (χ1) is 18.8. The van der Waals surface area contributed by atoms with Gasteiger partial charge in [-0.2, -0.15) is 4.31 Å². The Kier molecular flexibility index (Phi) is 9.26. The second-order valence-electron chi connectivity index (χ2n) is 12.0. The fourth-order valence-electron chi connectivity index (χ4n) is 6.59. The van der Waals surface area contributed by atoms with Gasteiger partial charge in [0, 0.05) is 56.6 Å². The predicted octanol–water partition coefficient (Wildman–Crippen LogP) is 1.77. The van der Waals surface area contributed by atoms with Crippen LogP contribution in [0.2, 0.25) is 0 Å². The van der Waals surface area contributed by atoms with Gasteiger partial charge in [0.1, 0.15) is 6.04 Å². The number of carbonyl (C=O) groups is 2. The number of nitrogens with one attached hydrogen (secondary N) is 2. The molecule has 5 rings (SSSR count). The summed E-state index contributed by atoms with van der Waals surface area (Å²) in [4.78, 5) is 30.8. The number of likely N-dealkylation sites (tertiary alicyclic amines) is 1. The molecule has 2 saturated heterocycles. The van der Waals surface area contributed by atoms with E-state index in [0.29, 0.717) is 50.7 Å². The van der Waals surface area contributed by atoms with Gasteiger partial charge in [-0.3, -0.25) is 9.59 Å². The van der Waals surface area contributed by atoms with Crippen molar-refractivity contribution in [2.24, 2.45) is 5.92 Å². The number of nitrogens with zero attached hydrogens (tertiary/aromatic N) is 3. The van der Waals surface area contributed by atoms with E-state index in [9.17, 15) is 18.0 Å². The molecule has 0 unspecified atom stereocenters. The summed E-state index contributed by atoms with van der Waals surface area (Å²) in [5, 5.41) is 6.99. The van der Waals surface area contributed by atoms with E-state index in [4.69, 9.17) is 0 Å². The molecular formula is C29H45N5O4S. The largest absolute Gasteiger partial charge is 0.343 e. The van der Waals surface area contributed by atoms with Gasteiger partial charge in [0.25, 0.3) is 0 Å². The Labute approximate surface area is 233 Å². The first-order valence-corrected chi connectivity index (χ1v) is 16.7. The van der Waals surface area contributed by atoms with Crippen LogP contribution in [-0.2, 0) is 19.6 Å². The summed E-state index contributed by atoms with van der Waals surface area (Å²) in [5.74, 6) is 0.517. The van der Waals surface area contributed by atoms with E-state index in [1.54, 1.807) is 4.90 Å². The summed E-state index contributed by atoms with van der Waals surface area (Å²) < 4.78 is 25.3. The van der Waals surface area contributed by atoms with Crippen LogP contribution in [-0.4, -0.2) is 105 Å². The second-order valence-corrected chi connectivity index (χ2v) is 14.0. The van der Waals surface area contributed by atoms with Crippen molar-refractivity contribution in [3.8, 4) is 0 Å². The minimum Gasteiger partial charge on any atom is -0.343 e. The van der Waals surface area contributed by atoms with Crippen LogP contribution in [0.4, 0.5) is 0 Å². The summed E-state index contributed by atoms with van der Waals surface area (Å²) in [6, 6.07) is 11.2. The van der Waals surface area contributed by atoms with E-state index in [1.165, 1.54) is 29.0 Å². The molecule has 216 valence electrons. The lowest BCUT2D eigenvalue weighted by atomic mass is 9.88.